The first kappa shape index (κ1) is 21.0. The molecule has 0 unspecified atom stereocenters. The molecule has 2 aromatic heterocycles. The molecule has 0 aliphatic carbocycles. The number of nitrogens with zero attached hydrogens (tertiary/aromatic N) is 5. The highest BCUT2D eigenvalue weighted by Gasteiger charge is 2.28. The number of aryl methyl sites for hydroxylation is 1. The fourth-order valence-electron chi connectivity index (χ4n) is 4.20. The van der Waals surface area contributed by atoms with Gasteiger partial charge >= 0.3 is 0 Å². The molecule has 1 fully saturated rings. The second-order valence-corrected chi connectivity index (χ2v) is 8.71. The number of nitriles is 1. The second kappa shape index (κ2) is 8.12. The summed E-state index contributed by atoms with van der Waals surface area (Å²) in [6, 6.07) is 10.1. The van der Waals surface area contributed by atoms with Gasteiger partial charge in [0.15, 0.2) is 5.82 Å². The maximum Gasteiger partial charge on any atom is 0.158 e. The van der Waals surface area contributed by atoms with Crippen LogP contribution in [-0.2, 0) is 0 Å². The van der Waals surface area contributed by atoms with Crippen LogP contribution in [0.1, 0.15) is 55.1 Å². The molecule has 0 radical (unpaired) electrons. The number of nitrogens with one attached hydrogen (secondary N) is 1. The Morgan fingerprint density at radius 1 is 1.23 bits per heavy atom. The molecule has 1 atom stereocenters. The number of aliphatic hydroxyl groups is 1. The van der Waals surface area contributed by atoms with Crippen molar-refractivity contribution in [3.8, 4) is 6.07 Å². The van der Waals surface area contributed by atoms with Crippen molar-refractivity contribution < 1.29 is 5.11 Å². The van der Waals surface area contributed by atoms with E-state index in [2.05, 4.69) is 44.5 Å². The zero-order valence-electron chi connectivity index (χ0n) is 18.5. The first-order valence-corrected chi connectivity index (χ1v) is 10.7. The van der Waals surface area contributed by atoms with Gasteiger partial charge < -0.3 is 15.3 Å². The summed E-state index contributed by atoms with van der Waals surface area (Å²) in [5, 5.41) is 32.7. The molecule has 3 aromatic rings. The van der Waals surface area contributed by atoms with Gasteiger partial charge in [0.25, 0.3) is 0 Å². The van der Waals surface area contributed by atoms with Crippen molar-refractivity contribution >= 4 is 22.4 Å². The third-order valence-electron chi connectivity index (χ3n) is 6.29. The average Bonchev–Trinajstić information content (AvgIpc) is 2.75. The Kier molecular flexibility index (Phi) is 5.50. The Bertz CT molecular complexity index is 1160. The predicted molar refractivity (Wildman–Crippen MR) is 122 cm³/mol. The van der Waals surface area contributed by atoms with Gasteiger partial charge in [-0.05, 0) is 63.8 Å². The number of aromatic nitrogens is 3. The van der Waals surface area contributed by atoms with Crippen LogP contribution >= 0.6 is 0 Å². The van der Waals surface area contributed by atoms with Crippen molar-refractivity contribution in [2.75, 3.05) is 23.3 Å². The molecule has 3 heterocycles. The normalized spacial score (nSPS) is 16.7. The van der Waals surface area contributed by atoms with Gasteiger partial charge in [-0.3, -0.25) is 4.98 Å². The van der Waals surface area contributed by atoms with Crippen molar-refractivity contribution in [1.82, 2.24) is 15.2 Å². The topological polar surface area (TPSA) is 98.0 Å². The fourth-order valence-corrected chi connectivity index (χ4v) is 4.20. The van der Waals surface area contributed by atoms with Gasteiger partial charge in [-0.2, -0.15) is 10.4 Å². The van der Waals surface area contributed by atoms with E-state index >= 15 is 0 Å². The molecule has 0 amide bonds. The number of fused-ring (bicyclic) bond motifs is 1. The maximum atomic E-state index is 10.3. The number of piperidine rings is 1. The van der Waals surface area contributed by atoms with Crippen LogP contribution in [-0.4, -0.2) is 39.0 Å². The summed E-state index contributed by atoms with van der Waals surface area (Å²) in [6.45, 7) is 9.41. The number of pyridine rings is 1. The fraction of sp³-hybridized carbons (Fsp3) is 0.417. The second-order valence-electron chi connectivity index (χ2n) is 8.71. The molecule has 7 heteroatoms. The molecule has 1 saturated heterocycles. The van der Waals surface area contributed by atoms with Gasteiger partial charge in [0, 0.05) is 18.5 Å². The zero-order valence-corrected chi connectivity index (χ0v) is 18.5. The molecule has 31 heavy (non-hydrogen) atoms. The minimum absolute atomic E-state index is 0.0535. The van der Waals surface area contributed by atoms with E-state index in [1.807, 2.05) is 45.2 Å². The van der Waals surface area contributed by atoms with Crippen LogP contribution < -0.4 is 10.2 Å². The molecular weight excluding hydrogens is 388 g/mol. The first-order valence-electron chi connectivity index (χ1n) is 10.7. The van der Waals surface area contributed by atoms with Crippen LogP contribution in [0.3, 0.4) is 0 Å². The van der Waals surface area contributed by atoms with Crippen molar-refractivity contribution in [1.29, 1.82) is 5.26 Å². The Labute approximate surface area is 182 Å². The summed E-state index contributed by atoms with van der Waals surface area (Å²) in [6.07, 6.45) is 3.34. The summed E-state index contributed by atoms with van der Waals surface area (Å²) < 4.78 is 0. The number of hydrogen-bond donors (Lipinski definition) is 2. The van der Waals surface area contributed by atoms with Gasteiger partial charge in [-0.15, -0.1) is 5.10 Å². The van der Waals surface area contributed by atoms with Crippen LogP contribution in [0, 0.1) is 25.2 Å². The van der Waals surface area contributed by atoms with Crippen molar-refractivity contribution in [3.05, 3.63) is 52.8 Å². The summed E-state index contributed by atoms with van der Waals surface area (Å²) in [5.41, 5.74) is 4.72. The summed E-state index contributed by atoms with van der Waals surface area (Å²) in [7, 11) is 0. The lowest BCUT2D eigenvalue weighted by Crippen LogP contribution is -2.42. The quantitative estimate of drug-likeness (QED) is 0.662. The lowest BCUT2D eigenvalue weighted by molar-refractivity contribution is 0.0351. The standard InChI is InChI=1S/C24H28N6O/c1-15-18(13-25)6-5-7-20(15)16(2)27-23-21-12-19(14-26-22(21)17(3)28-29-23)30-10-8-24(4,31)9-11-30/h5-7,12,14,16,31H,8-11H2,1-4H3,(H,27,29)/t16-/m1/s1. The molecule has 1 aliphatic heterocycles. The molecule has 0 bridgehead atoms. The van der Waals surface area contributed by atoms with E-state index in [1.54, 1.807) is 0 Å². The van der Waals surface area contributed by atoms with E-state index < -0.39 is 5.60 Å². The van der Waals surface area contributed by atoms with Gasteiger partial charge in [0.1, 0.15) is 0 Å². The Morgan fingerprint density at radius 3 is 2.68 bits per heavy atom. The number of hydrogen-bond acceptors (Lipinski definition) is 7. The van der Waals surface area contributed by atoms with Gasteiger partial charge in [0.05, 0.1) is 46.4 Å². The monoisotopic (exact) mass is 416 g/mol. The van der Waals surface area contributed by atoms with Crippen LogP contribution in [0.4, 0.5) is 11.5 Å². The van der Waals surface area contributed by atoms with Gasteiger partial charge in [0.2, 0.25) is 0 Å². The first-order chi connectivity index (χ1) is 14.8. The molecule has 1 aromatic carbocycles. The minimum Gasteiger partial charge on any atom is -0.390 e. The van der Waals surface area contributed by atoms with Crippen molar-refractivity contribution in [3.63, 3.8) is 0 Å². The minimum atomic E-state index is -0.596. The van der Waals surface area contributed by atoms with Crippen LogP contribution in [0.25, 0.3) is 10.9 Å². The van der Waals surface area contributed by atoms with E-state index in [0.29, 0.717) is 11.4 Å². The third kappa shape index (κ3) is 4.17. The smallest absolute Gasteiger partial charge is 0.158 e. The molecule has 0 saturated carbocycles. The molecule has 2 N–H and O–H groups in total. The van der Waals surface area contributed by atoms with Crippen LogP contribution in [0.5, 0.6) is 0 Å². The summed E-state index contributed by atoms with van der Waals surface area (Å²) in [5.74, 6) is 0.674. The highest BCUT2D eigenvalue weighted by Crippen LogP contribution is 2.31. The molecule has 1 aliphatic rings. The highest BCUT2D eigenvalue weighted by atomic mass is 16.3. The van der Waals surface area contributed by atoms with Crippen molar-refractivity contribution in [2.24, 2.45) is 0 Å². The van der Waals surface area contributed by atoms with Crippen LogP contribution in [0.2, 0.25) is 0 Å². The zero-order chi connectivity index (χ0) is 22.2. The summed E-state index contributed by atoms with van der Waals surface area (Å²) >= 11 is 0. The van der Waals surface area contributed by atoms with Gasteiger partial charge in [-0.1, -0.05) is 12.1 Å². The number of anilines is 2. The van der Waals surface area contributed by atoms with Gasteiger partial charge in [-0.25, -0.2) is 0 Å². The average molecular weight is 417 g/mol. The highest BCUT2D eigenvalue weighted by molar-refractivity contribution is 5.92. The summed E-state index contributed by atoms with van der Waals surface area (Å²) in [4.78, 5) is 6.95. The maximum absolute atomic E-state index is 10.3. The third-order valence-corrected chi connectivity index (χ3v) is 6.29. The van der Waals surface area contributed by atoms with Crippen molar-refractivity contribution in [2.45, 2.75) is 52.2 Å². The van der Waals surface area contributed by atoms with E-state index in [0.717, 1.165) is 59.3 Å². The van der Waals surface area contributed by atoms with E-state index in [9.17, 15) is 10.4 Å². The number of benzene rings is 1. The SMILES string of the molecule is Cc1c(C#N)cccc1[C@@H](C)Nc1nnc(C)c2ncc(N3CCC(C)(O)CC3)cc12. The Balaban J connectivity index is 1.68. The number of rotatable bonds is 4. The Hall–Kier alpha value is -3.24. The van der Waals surface area contributed by atoms with Crippen LogP contribution in [0.15, 0.2) is 30.5 Å². The van der Waals surface area contributed by atoms with E-state index in [-0.39, 0.29) is 6.04 Å². The Morgan fingerprint density at radius 2 is 1.97 bits per heavy atom. The molecule has 160 valence electrons. The largest absolute Gasteiger partial charge is 0.390 e. The van der Waals surface area contributed by atoms with E-state index in [1.165, 1.54) is 0 Å². The molecule has 0 spiro atoms. The molecule has 4 rings (SSSR count). The predicted octanol–water partition coefficient (Wildman–Crippen LogP) is 4.04. The lowest BCUT2D eigenvalue weighted by atomic mass is 9.93. The molecule has 7 nitrogen and oxygen atoms in total. The molecular formula is C24H28N6O. The van der Waals surface area contributed by atoms with E-state index in [4.69, 9.17) is 0 Å². The lowest BCUT2D eigenvalue weighted by Gasteiger charge is -2.37.